The van der Waals surface area contributed by atoms with Crippen LogP contribution in [0.1, 0.15) is 53.3 Å². The smallest absolute Gasteiger partial charge is 0.272 e. The molecule has 0 spiro atoms. The van der Waals surface area contributed by atoms with Gasteiger partial charge in [0.25, 0.3) is 5.91 Å². The van der Waals surface area contributed by atoms with E-state index < -0.39 is 5.92 Å². The van der Waals surface area contributed by atoms with Crippen molar-refractivity contribution < 1.29 is 14.3 Å². The van der Waals surface area contributed by atoms with E-state index in [0.29, 0.717) is 30.3 Å². The summed E-state index contributed by atoms with van der Waals surface area (Å²) in [5, 5.41) is 7.57. The zero-order chi connectivity index (χ0) is 20.0. The molecule has 1 fully saturated rings. The van der Waals surface area contributed by atoms with Crippen molar-refractivity contribution >= 4 is 17.5 Å². The zero-order valence-corrected chi connectivity index (χ0v) is 16.7. The second-order valence-electron chi connectivity index (χ2n) is 8.28. The van der Waals surface area contributed by atoms with Gasteiger partial charge in [0.1, 0.15) is 18.3 Å². The molecule has 0 bridgehead atoms. The SMILES string of the molecule is CN1C(=O)[C@@H](c2c3c(nn2CC2CCCC2)C(=O)NCC3)COc2ccccc21. The van der Waals surface area contributed by atoms with Crippen molar-refractivity contribution in [3.8, 4) is 5.75 Å². The lowest BCUT2D eigenvalue weighted by atomic mass is 9.95. The van der Waals surface area contributed by atoms with Crippen LogP contribution in [-0.2, 0) is 17.8 Å². The number of ether oxygens (including phenoxy) is 1. The summed E-state index contributed by atoms with van der Waals surface area (Å²) in [6.07, 6.45) is 5.53. The normalized spacial score (nSPS) is 22.0. The van der Waals surface area contributed by atoms with E-state index in [4.69, 9.17) is 4.74 Å². The van der Waals surface area contributed by atoms with Crippen molar-refractivity contribution in [2.24, 2.45) is 5.92 Å². The van der Waals surface area contributed by atoms with Gasteiger partial charge in [0.2, 0.25) is 5.91 Å². The van der Waals surface area contributed by atoms with Crippen molar-refractivity contribution in [1.82, 2.24) is 15.1 Å². The van der Waals surface area contributed by atoms with Crippen LogP contribution in [0.15, 0.2) is 24.3 Å². The topological polar surface area (TPSA) is 76.5 Å². The van der Waals surface area contributed by atoms with E-state index in [1.807, 2.05) is 28.9 Å². The van der Waals surface area contributed by atoms with Gasteiger partial charge in [-0.1, -0.05) is 25.0 Å². The van der Waals surface area contributed by atoms with Gasteiger partial charge in [0.05, 0.1) is 11.4 Å². The highest BCUT2D eigenvalue weighted by Gasteiger charge is 2.38. The average Bonchev–Trinajstić information content (AvgIpc) is 3.34. The third-order valence-corrected chi connectivity index (χ3v) is 6.47. The van der Waals surface area contributed by atoms with Gasteiger partial charge in [-0.15, -0.1) is 0 Å². The molecule has 1 N–H and O–H groups in total. The first-order valence-corrected chi connectivity index (χ1v) is 10.5. The van der Waals surface area contributed by atoms with Gasteiger partial charge in [0.15, 0.2) is 5.69 Å². The number of carbonyl (C=O) groups excluding carboxylic acids is 2. The number of amides is 2. The second kappa shape index (κ2) is 7.21. The number of benzene rings is 1. The second-order valence-corrected chi connectivity index (χ2v) is 8.28. The predicted octanol–water partition coefficient (Wildman–Crippen LogP) is 2.50. The van der Waals surface area contributed by atoms with Crippen LogP contribution in [0.4, 0.5) is 5.69 Å². The Bertz CT molecular complexity index is 961. The molecule has 1 aromatic heterocycles. The molecule has 29 heavy (non-hydrogen) atoms. The van der Waals surface area contributed by atoms with Gasteiger partial charge in [0, 0.05) is 25.7 Å². The third-order valence-electron chi connectivity index (χ3n) is 6.47. The molecule has 0 radical (unpaired) electrons. The largest absolute Gasteiger partial charge is 0.490 e. The maximum atomic E-state index is 13.5. The lowest BCUT2D eigenvalue weighted by Crippen LogP contribution is -2.35. The Hall–Kier alpha value is -2.83. The molecular weight excluding hydrogens is 368 g/mol. The molecule has 3 heterocycles. The number of nitrogens with one attached hydrogen (secondary N) is 1. The number of aromatic nitrogens is 2. The first-order chi connectivity index (χ1) is 14.1. The molecule has 0 saturated heterocycles. The number of nitrogens with zero attached hydrogens (tertiary/aromatic N) is 3. The Balaban J connectivity index is 1.57. The third kappa shape index (κ3) is 3.09. The monoisotopic (exact) mass is 394 g/mol. The highest BCUT2D eigenvalue weighted by molar-refractivity contribution is 6.01. The van der Waals surface area contributed by atoms with E-state index in [2.05, 4.69) is 10.4 Å². The summed E-state index contributed by atoms with van der Waals surface area (Å²) in [4.78, 5) is 27.6. The number of anilines is 1. The van der Waals surface area contributed by atoms with Crippen LogP contribution in [0, 0.1) is 5.92 Å². The number of rotatable bonds is 3. The van der Waals surface area contributed by atoms with Gasteiger partial charge < -0.3 is 15.0 Å². The van der Waals surface area contributed by atoms with Crippen LogP contribution < -0.4 is 15.0 Å². The van der Waals surface area contributed by atoms with Crippen molar-refractivity contribution in [1.29, 1.82) is 0 Å². The van der Waals surface area contributed by atoms with Gasteiger partial charge in [-0.3, -0.25) is 14.3 Å². The van der Waals surface area contributed by atoms with Crippen molar-refractivity contribution in [3.63, 3.8) is 0 Å². The summed E-state index contributed by atoms with van der Waals surface area (Å²) in [6, 6.07) is 7.60. The van der Waals surface area contributed by atoms with E-state index in [9.17, 15) is 9.59 Å². The van der Waals surface area contributed by atoms with Crippen LogP contribution in [0.25, 0.3) is 0 Å². The van der Waals surface area contributed by atoms with Crippen molar-refractivity contribution in [2.75, 3.05) is 25.1 Å². The molecule has 1 aromatic carbocycles. The minimum atomic E-state index is -0.476. The van der Waals surface area contributed by atoms with Crippen LogP contribution >= 0.6 is 0 Å². The highest BCUT2D eigenvalue weighted by Crippen LogP contribution is 2.37. The molecular formula is C22H26N4O3. The summed E-state index contributed by atoms with van der Waals surface area (Å²) < 4.78 is 8.01. The Morgan fingerprint density at radius 3 is 2.83 bits per heavy atom. The van der Waals surface area contributed by atoms with Gasteiger partial charge >= 0.3 is 0 Å². The minimum absolute atomic E-state index is 0.0173. The molecule has 2 aliphatic heterocycles. The Morgan fingerprint density at radius 2 is 2.00 bits per heavy atom. The lowest BCUT2D eigenvalue weighted by Gasteiger charge is -2.23. The Morgan fingerprint density at radius 1 is 1.21 bits per heavy atom. The van der Waals surface area contributed by atoms with Crippen LogP contribution in [0.3, 0.4) is 0 Å². The van der Waals surface area contributed by atoms with Crippen LogP contribution in [0.2, 0.25) is 0 Å². The number of para-hydroxylation sites is 2. The summed E-state index contributed by atoms with van der Waals surface area (Å²) in [6.45, 7) is 1.59. The minimum Gasteiger partial charge on any atom is -0.490 e. The van der Waals surface area contributed by atoms with Crippen molar-refractivity contribution in [3.05, 3.63) is 41.2 Å². The fourth-order valence-corrected chi connectivity index (χ4v) is 4.94. The quantitative estimate of drug-likeness (QED) is 0.868. The fraction of sp³-hybridized carbons (Fsp3) is 0.500. The molecule has 7 nitrogen and oxygen atoms in total. The number of fused-ring (bicyclic) bond motifs is 2. The fourth-order valence-electron chi connectivity index (χ4n) is 4.94. The number of hydrogen-bond donors (Lipinski definition) is 1. The Kier molecular flexibility index (Phi) is 4.53. The molecule has 1 atom stereocenters. The van der Waals surface area contributed by atoms with Gasteiger partial charge in [-0.25, -0.2) is 0 Å². The van der Waals surface area contributed by atoms with Crippen LogP contribution in [0.5, 0.6) is 5.75 Å². The first-order valence-electron chi connectivity index (χ1n) is 10.5. The molecule has 1 aliphatic carbocycles. The Labute approximate surface area is 170 Å². The first kappa shape index (κ1) is 18.2. The maximum absolute atomic E-state index is 13.5. The standard InChI is InChI=1S/C22H26N4O3/c1-25-17-8-4-5-9-18(17)29-13-16(22(25)28)20-15-10-11-23-21(27)19(15)24-26(20)12-14-6-2-3-7-14/h4-5,8-9,14,16H,2-3,6-7,10-13H2,1H3,(H,23,27)/t16-/m1/s1. The zero-order valence-electron chi connectivity index (χ0n) is 16.7. The summed E-state index contributed by atoms with van der Waals surface area (Å²) in [5.74, 6) is 0.623. The van der Waals surface area contributed by atoms with E-state index >= 15 is 0 Å². The molecule has 152 valence electrons. The van der Waals surface area contributed by atoms with Gasteiger partial charge in [-0.2, -0.15) is 5.10 Å². The number of hydrogen-bond acceptors (Lipinski definition) is 4. The van der Waals surface area contributed by atoms with Crippen LogP contribution in [-0.4, -0.2) is 41.8 Å². The summed E-state index contributed by atoms with van der Waals surface area (Å²) in [7, 11) is 1.79. The predicted molar refractivity (Wildman–Crippen MR) is 108 cm³/mol. The molecule has 3 aliphatic rings. The highest BCUT2D eigenvalue weighted by atomic mass is 16.5. The number of likely N-dealkylation sites (N-methyl/N-ethyl adjacent to an activating group) is 1. The summed E-state index contributed by atoms with van der Waals surface area (Å²) >= 11 is 0. The molecule has 0 unspecified atom stereocenters. The van der Waals surface area contributed by atoms with E-state index in [-0.39, 0.29) is 18.4 Å². The van der Waals surface area contributed by atoms with E-state index in [1.165, 1.54) is 25.7 Å². The lowest BCUT2D eigenvalue weighted by molar-refractivity contribution is -0.120. The van der Waals surface area contributed by atoms with Gasteiger partial charge in [-0.05, 0) is 37.3 Å². The molecule has 2 aromatic rings. The average molecular weight is 394 g/mol. The molecule has 5 rings (SSSR count). The molecule has 7 heteroatoms. The van der Waals surface area contributed by atoms with E-state index in [0.717, 1.165) is 23.5 Å². The summed E-state index contributed by atoms with van der Waals surface area (Å²) in [5.41, 5.74) is 3.02. The van der Waals surface area contributed by atoms with Crippen molar-refractivity contribution in [2.45, 2.75) is 44.6 Å². The maximum Gasteiger partial charge on any atom is 0.272 e. The molecule has 1 saturated carbocycles. The van der Waals surface area contributed by atoms with E-state index in [1.54, 1.807) is 11.9 Å². The molecule has 2 amide bonds. The number of carbonyl (C=O) groups is 2.